The standard InChI is InChI=1S/C98H183N5O5/c1-6-11-16-21-26-31-36-41-46-51-56-61-66-71-76-81-94(104)99-86-88-101(96(106)83-78-73-68-63-58-53-48-43-38-33-28-23-18-13-8-3)90-92-103(98(108)85-80-75-70-65-60-55-50-45-40-35-30-25-20-15-10-5)93-91-102(97(107)84-79-74-69-64-59-54-49-44-39-34-29-24-19-14-9-4)89-87-100-95(105)82-77-72-67-62-57-52-47-42-37-32-27-22-17-12-7-2/h41-50H,6-40,51-93H2,1-5H3,(H,99,104)(H,100,105)/b46-41-,47-42-,48-43-,49-44-,50-45-. The number of hydrogen-bond acceptors (Lipinski definition) is 5. The minimum absolute atomic E-state index is 0.0415. The van der Waals surface area contributed by atoms with E-state index >= 15 is 0 Å². The topological polar surface area (TPSA) is 119 Å². The van der Waals surface area contributed by atoms with Crippen LogP contribution in [-0.4, -0.2) is 96.6 Å². The molecule has 0 rings (SSSR count). The molecule has 0 fully saturated rings. The molecule has 5 amide bonds. The van der Waals surface area contributed by atoms with Crippen molar-refractivity contribution in [2.24, 2.45) is 0 Å². The second-order valence-corrected chi connectivity index (χ2v) is 32.5. The molecule has 2 N–H and O–H groups in total. The van der Waals surface area contributed by atoms with E-state index in [1.165, 1.54) is 270 Å². The largest absolute Gasteiger partial charge is 0.354 e. The average molecular weight is 1510 g/mol. The first-order chi connectivity index (χ1) is 53.2. The van der Waals surface area contributed by atoms with Gasteiger partial charge in [-0.15, -0.1) is 0 Å². The third-order valence-electron chi connectivity index (χ3n) is 22.0. The zero-order chi connectivity index (χ0) is 78.3. The van der Waals surface area contributed by atoms with Gasteiger partial charge >= 0.3 is 0 Å². The molecule has 0 unspecified atom stereocenters. The number of nitrogens with one attached hydrogen (secondary N) is 2. The van der Waals surface area contributed by atoms with Gasteiger partial charge in [0.05, 0.1) is 0 Å². The molecule has 0 aromatic rings. The fourth-order valence-corrected chi connectivity index (χ4v) is 14.6. The van der Waals surface area contributed by atoms with Gasteiger partial charge in [-0.1, -0.05) is 352 Å². The van der Waals surface area contributed by atoms with E-state index in [4.69, 9.17) is 0 Å². The Labute approximate surface area is 672 Å². The molecule has 630 valence electrons. The number of rotatable bonds is 87. The minimum atomic E-state index is 0.0415. The number of hydrogen-bond donors (Lipinski definition) is 2. The van der Waals surface area contributed by atoms with Crippen molar-refractivity contribution in [2.45, 2.75) is 484 Å². The highest BCUT2D eigenvalue weighted by atomic mass is 16.2. The predicted octanol–water partition coefficient (Wildman–Crippen LogP) is 28.9. The molecule has 0 radical (unpaired) electrons. The lowest BCUT2D eigenvalue weighted by molar-refractivity contribution is -0.137. The van der Waals surface area contributed by atoms with Gasteiger partial charge in [0.25, 0.3) is 0 Å². The predicted molar refractivity (Wildman–Crippen MR) is 473 cm³/mol. The summed E-state index contributed by atoms with van der Waals surface area (Å²) >= 11 is 0. The van der Waals surface area contributed by atoms with Crippen molar-refractivity contribution in [3.8, 4) is 0 Å². The zero-order valence-electron chi connectivity index (χ0n) is 72.8. The highest BCUT2D eigenvalue weighted by Gasteiger charge is 2.22. The van der Waals surface area contributed by atoms with Crippen LogP contribution in [0.4, 0.5) is 0 Å². The van der Waals surface area contributed by atoms with Gasteiger partial charge in [-0.25, -0.2) is 0 Å². The molecular weight excluding hydrogens is 1330 g/mol. The highest BCUT2D eigenvalue weighted by Crippen LogP contribution is 2.19. The van der Waals surface area contributed by atoms with Crippen LogP contribution in [0.25, 0.3) is 0 Å². The first kappa shape index (κ1) is 104. The van der Waals surface area contributed by atoms with Crippen LogP contribution in [0.3, 0.4) is 0 Å². The summed E-state index contributed by atoms with van der Waals surface area (Å²) in [5, 5.41) is 6.35. The summed E-state index contributed by atoms with van der Waals surface area (Å²) in [6, 6.07) is 0. The summed E-state index contributed by atoms with van der Waals surface area (Å²) in [4.78, 5) is 75.8. The van der Waals surface area contributed by atoms with Crippen LogP contribution in [0.1, 0.15) is 484 Å². The van der Waals surface area contributed by atoms with E-state index in [0.29, 0.717) is 84.5 Å². The van der Waals surface area contributed by atoms with Crippen LogP contribution in [-0.2, 0) is 24.0 Å². The molecule has 0 saturated heterocycles. The summed E-state index contributed by atoms with van der Waals surface area (Å²) in [5.41, 5.74) is 0. The Bertz CT molecular complexity index is 1970. The van der Waals surface area contributed by atoms with Crippen LogP contribution in [0.15, 0.2) is 60.8 Å². The number of carbonyl (C=O) groups is 5. The summed E-state index contributed by atoms with van der Waals surface area (Å²) in [6.07, 6.45) is 104. The Morgan fingerprint density at radius 1 is 0.185 bits per heavy atom. The lowest BCUT2D eigenvalue weighted by Crippen LogP contribution is -2.47. The maximum Gasteiger partial charge on any atom is 0.222 e. The molecule has 0 aliphatic heterocycles. The third kappa shape index (κ3) is 78.7. The quantitative estimate of drug-likeness (QED) is 0.0464. The van der Waals surface area contributed by atoms with E-state index in [1.807, 2.05) is 14.7 Å². The van der Waals surface area contributed by atoms with Gasteiger partial charge in [-0.2, -0.15) is 0 Å². The van der Waals surface area contributed by atoms with Gasteiger partial charge < -0.3 is 25.3 Å². The summed E-state index contributed by atoms with van der Waals surface area (Å²) in [5.74, 6) is 0.319. The first-order valence-corrected chi connectivity index (χ1v) is 47.8. The van der Waals surface area contributed by atoms with E-state index in [0.717, 1.165) is 148 Å². The molecule has 0 heterocycles. The smallest absolute Gasteiger partial charge is 0.222 e. The van der Waals surface area contributed by atoms with E-state index < -0.39 is 0 Å². The zero-order valence-corrected chi connectivity index (χ0v) is 72.8. The number of nitrogens with zero attached hydrogens (tertiary/aromatic N) is 3. The fraction of sp³-hybridized carbons (Fsp3) is 0.847. The average Bonchev–Trinajstić information content (AvgIpc) is 0.895. The molecule has 108 heavy (non-hydrogen) atoms. The maximum absolute atomic E-state index is 14.7. The maximum atomic E-state index is 14.7. The van der Waals surface area contributed by atoms with Crippen molar-refractivity contribution in [1.82, 2.24) is 25.3 Å². The molecule has 0 aliphatic rings. The molecule has 0 atom stereocenters. The summed E-state index contributed by atoms with van der Waals surface area (Å²) in [6.45, 7) is 14.4. The van der Waals surface area contributed by atoms with Gasteiger partial charge in [-0.3, -0.25) is 24.0 Å². The highest BCUT2D eigenvalue weighted by molar-refractivity contribution is 5.79. The second-order valence-electron chi connectivity index (χ2n) is 32.5. The van der Waals surface area contributed by atoms with Gasteiger partial charge in [0.15, 0.2) is 0 Å². The summed E-state index contributed by atoms with van der Waals surface area (Å²) < 4.78 is 0. The fourth-order valence-electron chi connectivity index (χ4n) is 14.6. The summed E-state index contributed by atoms with van der Waals surface area (Å²) in [7, 11) is 0. The van der Waals surface area contributed by atoms with Crippen molar-refractivity contribution >= 4 is 29.5 Å². The van der Waals surface area contributed by atoms with Gasteiger partial charge in [0.1, 0.15) is 0 Å². The van der Waals surface area contributed by atoms with Crippen molar-refractivity contribution < 1.29 is 24.0 Å². The number of amides is 5. The Balaban J connectivity index is 6.22. The molecule has 0 aliphatic carbocycles. The van der Waals surface area contributed by atoms with Crippen LogP contribution < -0.4 is 10.6 Å². The molecular formula is C98H183N5O5. The van der Waals surface area contributed by atoms with E-state index in [9.17, 15) is 24.0 Å². The molecule has 0 saturated carbocycles. The third-order valence-corrected chi connectivity index (χ3v) is 22.0. The molecule has 0 spiro atoms. The Kier molecular flexibility index (Phi) is 85.4. The second kappa shape index (κ2) is 88.6. The normalized spacial score (nSPS) is 11.9. The monoisotopic (exact) mass is 1510 g/mol. The Hall–Kier alpha value is -3.95. The molecule has 0 aromatic carbocycles. The van der Waals surface area contributed by atoms with Crippen molar-refractivity contribution in [1.29, 1.82) is 0 Å². The van der Waals surface area contributed by atoms with Crippen molar-refractivity contribution in [3.63, 3.8) is 0 Å². The van der Waals surface area contributed by atoms with E-state index in [1.54, 1.807) is 0 Å². The number of unbranched alkanes of at least 4 members (excludes halogenated alkanes) is 55. The number of allylic oxidation sites excluding steroid dienone is 10. The van der Waals surface area contributed by atoms with Gasteiger partial charge in [-0.05, 0) is 161 Å². The molecule has 10 nitrogen and oxygen atoms in total. The molecule has 0 bridgehead atoms. The van der Waals surface area contributed by atoms with Crippen LogP contribution in [0.2, 0.25) is 0 Å². The SMILES string of the molecule is CCCCCCCC/C=C\CCCCCCCC(=O)NCCN(CCN(CCN(CCNC(=O)CCCCCCC/C=C\CCCCCCCC)C(=O)CCCCCCC/C=C\CCCCCCCC)C(=O)CCCCCCC/C=C\CCCCCCCC)C(=O)CCCCCCC/C=C\CCCCCCCC. The van der Waals surface area contributed by atoms with Crippen LogP contribution in [0.5, 0.6) is 0 Å². The van der Waals surface area contributed by atoms with E-state index in [-0.39, 0.29) is 29.5 Å². The van der Waals surface area contributed by atoms with Gasteiger partial charge in [0, 0.05) is 84.5 Å². The van der Waals surface area contributed by atoms with Gasteiger partial charge in [0.2, 0.25) is 29.5 Å². The molecule has 0 aromatic heterocycles. The lowest BCUT2D eigenvalue weighted by Gasteiger charge is -2.31. The Morgan fingerprint density at radius 3 is 0.519 bits per heavy atom. The Morgan fingerprint density at radius 2 is 0.333 bits per heavy atom. The van der Waals surface area contributed by atoms with Crippen molar-refractivity contribution in [2.75, 3.05) is 52.4 Å². The number of carbonyl (C=O) groups excluding carboxylic acids is 5. The first-order valence-electron chi connectivity index (χ1n) is 47.8. The van der Waals surface area contributed by atoms with Crippen molar-refractivity contribution in [3.05, 3.63) is 60.8 Å². The minimum Gasteiger partial charge on any atom is -0.354 e. The lowest BCUT2D eigenvalue weighted by atomic mass is 10.1. The van der Waals surface area contributed by atoms with Crippen LogP contribution in [0, 0.1) is 0 Å². The van der Waals surface area contributed by atoms with Crippen LogP contribution >= 0.6 is 0 Å². The van der Waals surface area contributed by atoms with E-state index in [2.05, 4.69) is 106 Å². The molecule has 10 heteroatoms.